The Labute approximate surface area is 107 Å². The molecule has 1 atom stereocenters. The van der Waals surface area contributed by atoms with Crippen molar-refractivity contribution in [1.29, 1.82) is 0 Å². The van der Waals surface area contributed by atoms with Crippen LogP contribution in [0.25, 0.3) is 0 Å². The molecule has 100 valence electrons. The maximum absolute atomic E-state index is 12.3. The number of carbonyl (C=O) groups is 1. The van der Waals surface area contributed by atoms with E-state index in [0.717, 1.165) is 0 Å². The van der Waals surface area contributed by atoms with Crippen LogP contribution in [0, 0.1) is 0 Å². The fraction of sp³-hybridized carbons (Fsp3) is 0.462. The highest BCUT2D eigenvalue weighted by Crippen LogP contribution is 2.29. The number of methoxy groups -OCH3 is 2. The summed E-state index contributed by atoms with van der Waals surface area (Å²) in [7, 11) is 4.76. The predicted octanol–water partition coefficient (Wildman–Crippen LogP) is 1.12. The number of rotatable bonds is 5. The van der Waals surface area contributed by atoms with E-state index in [2.05, 4.69) is 0 Å². The van der Waals surface area contributed by atoms with E-state index in [1.54, 1.807) is 30.1 Å². The Balaban J connectivity index is 3.10. The van der Waals surface area contributed by atoms with Crippen LogP contribution in [0.15, 0.2) is 18.2 Å². The van der Waals surface area contributed by atoms with Crippen molar-refractivity contribution in [2.45, 2.75) is 13.0 Å². The van der Waals surface area contributed by atoms with E-state index in [0.29, 0.717) is 23.6 Å². The Morgan fingerprint density at radius 1 is 1.33 bits per heavy atom. The summed E-state index contributed by atoms with van der Waals surface area (Å²) < 4.78 is 10.4. The van der Waals surface area contributed by atoms with Gasteiger partial charge in [0.05, 0.1) is 14.2 Å². The van der Waals surface area contributed by atoms with Crippen molar-refractivity contribution in [2.75, 3.05) is 27.8 Å². The third kappa shape index (κ3) is 3.13. The molecule has 5 nitrogen and oxygen atoms in total. The highest BCUT2D eigenvalue weighted by molar-refractivity contribution is 5.99. The minimum atomic E-state index is -0.165. The normalized spacial score (nSPS) is 11.8. The second-order valence-corrected chi connectivity index (χ2v) is 4.20. The van der Waals surface area contributed by atoms with Gasteiger partial charge in [-0.2, -0.15) is 0 Å². The van der Waals surface area contributed by atoms with Crippen LogP contribution < -0.4 is 15.2 Å². The molecular weight excluding hydrogens is 232 g/mol. The van der Waals surface area contributed by atoms with Crippen LogP contribution in [0.1, 0.15) is 17.3 Å². The number of likely N-dealkylation sites (N-methyl/N-ethyl adjacent to an activating group) is 1. The summed E-state index contributed by atoms with van der Waals surface area (Å²) in [6.45, 7) is 2.32. The van der Waals surface area contributed by atoms with Crippen molar-refractivity contribution < 1.29 is 14.3 Å². The third-order valence-corrected chi connectivity index (χ3v) is 2.55. The number of carbonyl (C=O) groups excluding carboxylic acids is 1. The largest absolute Gasteiger partial charge is 0.496 e. The van der Waals surface area contributed by atoms with E-state index in [9.17, 15) is 4.79 Å². The lowest BCUT2D eigenvalue weighted by molar-refractivity contribution is 0.0782. The molecule has 0 aliphatic rings. The highest BCUT2D eigenvalue weighted by Gasteiger charge is 2.21. The number of nitrogens with zero attached hydrogens (tertiary/aromatic N) is 1. The number of hydrogen-bond donors (Lipinski definition) is 1. The van der Waals surface area contributed by atoms with Crippen molar-refractivity contribution >= 4 is 5.91 Å². The van der Waals surface area contributed by atoms with Gasteiger partial charge >= 0.3 is 0 Å². The van der Waals surface area contributed by atoms with Crippen molar-refractivity contribution in [3.63, 3.8) is 0 Å². The molecule has 18 heavy (non-hydrogen) atoms. The Kier molecular flexibility index (Phi) is 4.97. The second kappa shape index (κ2) is 6.26. The van der Waals surface area contributed by atoms with Crippen LogP contribution in [0.3, 0.4) is 0 Å². The number of ether oxygens (including phenoxy) is 2. The Morgan fingerprint density at radius 2 is 1.83 bits per heavy atom. The van der Waals surface area contributed by atoms with Crippen molar-refractivity contribution in [3.8, 4) is 11.5 Å². The van der Waals surface area contributed by atoms with Gasteiger partial charge in [0.15, 0.2) is 0 Å². The molecule has 1 aromatic carbocycles. The molecule has 1 unspecified atom stereocenters. The molecule has 0 fully saturated rings. The molecule has 0 heterocycles. The lowest BCUT2D eigenvalue weighted by Crippen LogP contribution is -2.37. The van der Waals surface area contributed by atoms with E-state index in [-0.39, 0.29) is 11.9 Å². The fourth-order valence-corrected chi connectivity index (χ4v) is 1.77. The van der Waals surface area contributed by atoms with E-state index in [1.165, 1.54) is 14.2 Å². The Hall–Kier alpha value is -1.75. The van der Waals surface area contributed by atoms with Gasteiger partial charge < -0.3 is 20.1 Å². The molecule has 0 bridgehead atoms. The molecule has 0 radical (unpaired) electrons. The molecule has 0 aromatic heterocycles. The Bertz CT molecular complexity index is 396. The molecule has 2 N–H and O–H groups in total. The average molecular weight is 252 g/mol. The summed E-state index contributed by atoms with van der Waals surface area (Å²) >= 11 is 0. The summed E-state index contributed by atoms with van der Waals surface area (Å²) in [4.78, 5) is 13.9. The number of hydrogen-bond acceptors (Lipinski definition) is 4. The second-order valence-electron chi connectivity index (χ2n) is 4.20. The van der Waals surface area contributed by atoms with Gasteiger partial charge in [0.1, 0.15) is 17.1 Å². The van der Waals surface area contributed by atoms with Crippen molar-refractivity contribution in [2.24, 2.45) is 5.73 Å². The lowest BCUT2D eigenvalue weighted by Gasteiger charge is -2.21. The summed E-state index contributed by atoms with van der Waals surface area (Å²) in [5.41, 5.74) is 6.12. The Morgan fingerprint density at radius 3 is 2.22 bits per heavy atom. The van der Waals surface area contributed by atoms with Crippen LogP contribution in [-0.4, -0.2) is 44.7 Å². The fourth-order valence-electron chi connectivity index (χ4n) is 1.77. The first-order chi connectivity index (χ1) is 8.51. The summed E-state index contributed by atoms with van der Waals surface area (Å²) in [6, 6.07) is 5.16. The molecule has 0 aliphatic heterocycles. The first kappa shape index (κ1) is 14.3. The van der Waals surface area contributed by atoms with E-state index < -0.39 is 0 Å². The molecular formula is C13H20N2O3. The average Bonchev–Trinajstić information content (AvgIpc) is 2.35. The summed E-state index contributed by atoms with van der Waals surface area (Å²) in [5, 5.41) is 0. The zero-order valence-electron chi connectivity index (χ0n) is 11.3. The summed E-state index contributed by atoms with van der Waals surface area (Å²) in [6.07, 6.45) is 0. The monoisotopic (exact) mass is 252 g/mol. The first-order valence-corrected chi connectivity index (χ1v) is 5.73. The van der Waals surface area contributed by atoms with E-state index >= 15 is 0 Å². The third-order valence-electron chi connectivity index (χ3n) is 2.55. The van der Waals surface area contributed by atoms with Crippen LogP contribution in [0.5, 0.6) is 11.5 Å². The van der Waals surface area contributed by atoms with Crippen LogP contribution >= 0.6 is 0 Å². The zero-order chi connectivity index (χ0) is 13.7. The van der Waals surface area contributed by atoms with Crippen LogP contribution in [0.2, 0.25) is 0 Å². The maximum Gasteiger partial charge on any atom is 0.261 e. The maximum atomic E-state index is 12.3. The van der Waals surface area contributed by atoms with Gasteiger partial charge in [0, 0.05) is 19.6 Å². The lowest BCUT2D eigenvalue weighted by atomic mass is 10.1. The highest BCUT2D eigenvalue weighted by atomic mass is 16.5. The van der Waals surface area contributed by atoms with E-state index in [4.69, 9.17) is 15.2 Å². The minimum Gasteiger partial charge on any atom is -0.496 e. The van der Waals surface area contributed by atoms with Gasteiger partial charge in [-0.05, 0) is 19.1 Å². The van der Waals surface area contributed by atoms with Gasteiger partial charge in [-0.15, -0.1) is 0 Å². The van der Waals surface area contributed by atoms with Gasteiger partial charge in [0.25, 0.3) is 5.91 Å². The molecule has 0 saturated heterocycles. The molecule has 5 heteroatoms. The van der Waals surface area contributed by atoms with E-state index in [1.807, 2.05) is 6.92 Å². The van der Waals surface area contributed by atoms with Gasteiger partial charge in [0.2, 0.25) is 0 Å². The van der Waals surface area contributed by atoms with Crippen molar-refractivity contribution in [3.05, 3.63) is 23.8 Å². The van der Waals surface area contributed by atoms with Gasteiger partial charge in [-0.25, -0.2) is 0 Å². The smallest absolute Gasteiger partial charge is 0.261 e. The van der Waals surface area contributed by atoms with Crippen LogP contribution in [0.4, 0.5) is 0 Å². The van der Waals surface area contributed by atoms with Crippen molar-refractivity contribution in [1.82, 2.24) is 4.90 Å². The molecule has 1 amide bonds. The topological polar surface area (TPSA) is 64.8 Å². The minimum absolute atomic E-state index is 0.0837. The quantitative estimate of drug-likeness (QED) is 0.853. The molecule has 1 aromatic rings. The van der Waals surface area contributed by atoms with Crippen LogP contribution in [-0.2, 0) is 0 Å². The van der Waals surface area contributed by atoms with Gasteiger partial charge in [-0.3, -0.25) is 4.79 Å². The molecule has 0 saturated carbocycles. The first-order valence-electron chi connectivity index (χ1n) is 5.73. The van der Waals surface area contributed by atoms with Gasteiger partial charge in [-0.1, -0.05) is 6.07 Å². The molecule has 1 rings (SSSR count). The zero-order valence-corrected chi connectivity index (χ0v) is 11.3. The standard InChI is InChI=1S/C13H20N2O3/c1-9(14)8-15(2)13(16)12-10(17-3)6-5-7-11(12)18-4/h5-7,9H,8,14H2,1-4H3. The molecule has 0 spiro atoms. The molecule has 0 aliphatic carbocycles. The number of nitrogens with two attached hydrogens (primary N) is 1. The SMILES string of the molecule is COc1cccc(OC)c1C(=O)N(C)CC(C)N. The number of amides is 1. The number of benzene rings is 1. The predicted molar refractivity (Wildman–Crippen MR) is 70.2 cm³/mol. The summed E-state index contributed by atoms with van der Waals surface area (Å²) in [5.74, 6) is 0.827.